The van der Waals surface area contributed by atoms with E-state index < -0.39 is 60.6 Å². The lowest BCUT2D eigenvalue weighted by Gasteiger charge is -2.37. The molecule has 0 unspecified atom stereocenters. The maximum Gasteiger partial charge on any atom is 0.462 e. The monoisotopic (exact) mass is 616 g/mol. The fraction of sp³-hybridized carbons (Fsp3) is 1.00. The van der Waals surface area contributed by atoms with Gasteiger partial charge in [-0.25, -0.2) is 9.47 Å². The highest BCUT2D eigenvalue weighted by molar-refractivity contribution is 7.80. The number of thiol groups is 1. The molecule has 0 rings (SSSR count). The number of hydrogen-bond donors (Lipinski definition) is 1. The first-order valence-corrected chi connectivity index (χ1v) is 10.5. The van der Waals surface area contributed by atoms with Gasteiger partial charge in [0.1, 0.15) is 0 Å². The van der Waals surface area contributed by atoms with E-state index in [2.05, 4.69) is 26.5 Å². The first-order chi connectivity index (χ1) is 16.1. The lowest BCUT2D eigenvalue weighted by molar-refractivity contribution is -0.542. The predicted octanol–water partition coefficient (Wildman–Crippen LogP) is 9.65. The van der Waals surface area contributed by atoms with Gasteiger partial charge in [-0.1, -0.05) is 48.0 Å². The smallest absolute Gasteiger partial charge is 0.245 e. The minimum Gasteiger partial charge on any atom is -0.245 e. The van der Waals surface area contributed by atoms with Crippen molar-refractivity contribution < 1.29 is 84.1 Å². The lowest BCUT2D eigenvalue weighted by atomic mass is 10.2. The van der Waals surface area contributed by atoms with Crippen molar-refractivity contribution in [1.29, 1.82) is 0 Å². The van der Waals surface area contributed by atoms with Gasteiger partial charge in [-0.2, -0.15) is 87.3 Å². The summed E-state index contributed by atoms with van der Waals surface area (Å²) in [6, 6.07) is 0. The van der Waals surface area contributed by atoms with Gasteiger partial charge in [0.2, 0.25) is 0 Å². The van der Waals surface area contributed by atoms with Crippen LogP contribution in [-0.4, -0.2) is 54.1 Å². The molecule has 0 N–H and O–H groups in total. The Morgan fingerprint density at radius 2 is 0.730 bits per heavy atom. The maximum absolute atomic E-state index is 13.1. The molecule has 37 heavy (non-hydrogen) atoms. The normalized spacial score (nSPS) is 13.9. The summed E-state index contributed by atoms with van der Waals surface area (Å²) in [4.78, 5) is 0. The Bertz CT molecular complexity index is 621. The Labute approximate surface area is 206 Å². The van der Waals surface area contributed by atoms with Crippen LogP contribution in [0.15, 0.2) is 0 Å². The van der Waals surface area contributed by atoms with Crippen LogP contribution in [0.4, 0.5) is 74.6 Å². The van der Waals surface area contributed by atoms with Crippen LogP contribution in [0.25, 0.3) is 0 Å². The molecule has 0 bridgehead atoms. The summed E-state index contributed by atoms with van der Waals surface area (Å²) >= 11 is 2.97. The highest BCUT2D eigenvalue weighted by atomic mass is 32.1. The Morgan fingerprint density at radius 1 is 0.486 bits per heavy atom. The fourth-order valence-corrected chi connectivity index (χ4v) is 1.49. The second kappa shape index (κ2) is 15.0. The van der Waals surface area contributed by atoms with Gasteiger partial charge in [-0.05, 0) is 5.75 Å². The molecule has 0 spiro atoms. The van der Waals surface area contributed by atoms with Crippen LogP contribution in [0.3, 0.4) is 0 Å². The van der Waals surface area contributed by atoms with Crippen molar-refractivity contribution in [2.75, 3.05) is 5.75 Å². The molecule has 0 radical (unpaired) electrons. The Morgan fingerprint density at radius 3 is 0.973 bits per heavy atom. The third-order valence-electron chi connectivity index (χ3n) is 2.82. The number of ether oxygens (including phenoxy) is 2. The molecule has 0 aliphatic rings. The van der Waals surface area contributed by atoms with Crippen molar-refractivity contribution in [3.8, 4) is 0 Å². The van der Waals surface area contributed by atoms with Crippen LogP contribution in [0.5, 0.6) is 0 Å². The molecule has 0 aliphatic heterocycles. The molecule has 2 nitrogen and oxygen atoms in total. The molecule has 20 heteroatoms. The van der Waals surface area contributed by atoms with E-state index in [1.54, 1.807) is 4.74 Å². The second-order valence-corrected chi connectivity index (χ2v) is 6.25. The van der Waals surface area contributed by atoms with Gasteiger partial charge in [0.05, 0.1) is 0 Å². The van der Waals surface area contributed by atoms with Gasteiger partial charge in [0.25, 0.3) is 0 Å². The molecule has 0 aromatic rings. The molecule has 0 aliphatic carbocycles. The summed E-state index contributed by atoms with van der Waals surface area (Å²) in [5.41, 5.74) is 0. The van der Waals surface area contributed by atoms with Gasteiger partial charge in [-0.15, -0.1) is 0 Å². The van der Waals surface area contributed by atoms with Gasteiger partial charge < -0.3 is 0 Å². The summed E-state index contributed by atoms with van der Waals surface area (Å²) in [6.07, 6.45) is -38.2. The van der Waals surface area contributed by atoms with E-state index in [0.717, 1.165) is 0 Å². The average Bonchev–Trinajstić information content (AvgIpc) is 2.68. The minimum absolute atomic E-state index is 1.22. The Hall–Kier alpha value is -0.920. The second-order valence-electron chi connectivity index (χ2n) is 5.80. The largest absolute Gasteiger partial charge is 0.462 e. The Kier molecular flexibility index (Phi) is 17.5. The van der Waals surface area contributed by atoms with Gasteiger partial charge in [0, 0.05) is 6.42 Å². The van der Waals surface area contributed by atoms with Crippen molar-refractivity contribution in [3.63, 3.8) is 0 Å². The van der Waals surface area contributed by atoms with Crippen LogP contribution in [-0.2, 0) is 9.47 Å². The molecule has 0 heterocycles. The molecular formula is C17H25F17O2S. The summed E-state index contributed by atoms with van der Waals surface area (Å²) in [7, 11) is 0. The van der Waals surface area contributed by atoms with E-state index in [1.165, 1.54) is 11.2 Å². The quantitative estimate of drug-likeness (QED) is 0.195. The molecule has 230 valence electrons. The summed E-state index contributed by atoms with van der Waals surface area (Å²) in [6.45, 7) is 12.2. The van der Waals surface area contributed by atoms with Crippen molar-refractivity contribution in [3.05, 3.63) is 0 Å². The van der Waals surface area contributed by atoms with Crippen molar-refractivity contribution in [1.82, 2.24) is 0 Å². The molecule has 0 atom stereocenters. The zero-order valence-corrected chi connectivity index (χ0v) is 20.7. The third-order valence-corrected chi connectivity index (χ3v) is 3.04. The molecule has 0 amide bonds. The number of hydrogen-bond acceptors (Lipinski definition) is 3. The number of rotatable bonds is 10. The molecular weight excluding hydrogens is 591 g/mol. The SMILES string of the molecule is CC.CC.CCC.FC(F)(F)C(F)(F)C(F)(F)OC(F)(F)C(F)(F)C(F)(F)OC(F)(F)C(F)(F)CCS. The number of halogens is 17. The van der Waals surface area contributed by atoms with Crippen molar-refractivity contribution in [2.45, 2.75) is 103 Å². The zero-order chi connectivity index (χ0) is 31.5. The van der Waals surface area contributed by atoms with Gasteiger partial charge in [0.15, 0.2) is 0 Å². The zero-order valence-electron chi connectivity index (χ0n) is 19.8. The maximum atomic E-state index is 13.1. The summed E-state index contributed by atoms with van der Waals surface area (Å²) in [5, 5.41) is 0. The van der Waals surface area contributed by atoms with Crippen LogP contribution in [0.1, 0.15) is 54.4 Å². The van der Waals surface area contributed by atoms with Crippen LogP contribution in [0, 0.1) is 0 Å². The number of alkyl halides is 17. The van der Waals surface area contributed by atoms with E-state index in [0.29, 0.717) is 0 Å². The topological polar surface area (TPSA) is 18.5 Å². The molecule has 0 aromatic carbocycles. The van der Waals surface area contributed by atoms with Crippen LogP contribution >= 0.6 is 12.6 Å². The summed E-state index contributed by atoms with van der Waals surface area (Å²) in [5.74, 6) is -22.6. The third kappa shape index (κ3) is 10.6. The average molecular weight is 616 g/mol. The highest BCUT2D eigenvalue weighted by Crippen LogP contribution is 2.55. The minimum atomic E-state index is -7.91. The lowest BCUT2D eigenvalue weighted by Crippen LogP contribution is -2.64. The van der Waals surface area contributed by atoms with Crippen molar-refractivity contribution >= 4 is 12.6 Å². The molecule has 0 saturated carbocycles. The highest BCUT2D eigenvalue weighted by Gasteiger charge is 2.83. The molecule has 0 saturated heterocycles. The fourth-order valence-electron chi connectivity index (χ4n) is 1.21. The van der Waals surface area contributed by atoms with E-state index in [-0.39, 0.29) is 0 Å². The summed E-state index contributed by atoms with van der Waals surface area (Å²) < 4.78 is 218. The predicted molar refractivity (Wildman–Crippen MR) is 100.0 cm³/mol. The van der Waals surface area contributed by atoms with Crippen molar-refractivity contribution in [2.24, 2.45) is 0 Å². The van der Waals surface area contributed by atoms with Gasteiger partial charge >= 0.3 is 48.4 Å². The molecule has 0 aromatic heterocycles. The Balaban J connectivity index is -0.000000703. The first kappa shape index (κ1) is 43.1. The molecule has 0 fully saturated rings. The first-order valence-electron chi connectivity index (χ1n) is 9.86. The van der Waals surface area contributed by atoms with Crippen LogP contribution in [0.2, 0.25) is 0 Å². The van der Waals surface area contributed by atoms with E-state index in [9.17, 15) is 74.6 Å². The standard InChI is InChI=1S/C10H5F17O2S.C3H8.2C2H6/c11-3(12,1-2-30)7(20,21)28-9(24,25)5(15,16)10(26,27)29-8(22,23)4(13,14)6(17,18)19;1-3-2;2*1-2/h30H,1-2H2;3H2,1-2H3;2*1-2H3. The van der Waals surface area contributed by atoms with E-state index >= 15 is 0 Å². The van der Waals surface area contributed by atoms with E-state index in [4.69, 9.17) is 0 Å². The van der Waals surface area contributed by atoms with Gasteiger partial charge in [-0.3, -0.25) is 0 Å². The van der Waals surface area contributed by atoms with E-state index in [1.807, 2.05) is 27.7 Å². The van der Waals surface area contributed by atoms with Crippen LogP contribution < -0.4 is 0 Å².